The van der Waals surface area contributed by atoms with Gasteiger partial charge in [-0.1, -0.05) is 36.4 Å². The van der Waals surface area contributed by atoms with Crippen LogP contribution < -0.4 is 10.6 Å². The van der Waals surface area contributed by atoms with E-state index in [9.17, 15) is 9.59 Å². The Kier molecular flexibility index (Phi) is 7.26. The number of benzene rings is 2. The quantitative estimate of drug-likeness (QED) is 0.577. The summed E-state index contributed by atoms with van der Waals surface area (Å²) < 4.78 is 0. The molecule has 7 nitrogen and oxygen atoms in total. The van der Waals surface area contributed by atoms with Crippen molar-refractivity contribution in [3.8, 4) is 11.3 Å². The number of thiazole rings is 1. The molecule has 1 aliphatic rings. The van der Waals surface area contributed by atoms with E-state index < -0.39 is 0 Å². The molecule has 0 bridgehead atoms. The van der Waals surface area contributed by atoms with E-state index >= 15 is 0 Å². The molecule has 1 saturated heterocycles. The average Bonchev–Trinajstić information content (AvgIpc) is 3.24. The fraction of sp³-hybridized carbons (Fsp3) is 0.292. The van der Waals surface area contributed by atoms with Gasteiger partial charge in [0.2, 0.25) is 11.8 Å². The second-order valence-electron chi connectivity index (χ2n) is 7.85. The van der Waals surface area contributed by atoms with Gasteiger partial charge in [-0.3, -0.25) is 19.4 Å². The van der Waals surface area contributed by atoms with Crippen molar-refractivity contribution < 1.29 is 9.59 Å². The number of carbonyl (C=O) groups excluding carboxylic acids is 2. The van der Waals surface area contributed by atoms with Gasteiger partial charge in [-0.25, -0.2) is 4.98 Å². The average molecular weight is 450 g/mol. The molecule has 0 aliphatic carbocycles. The zero-order chi connectivity index (χ0) is 22.3. The fourth-order valence-electron chi connectivity index (χ4n) is 3.70. The lowest BCUT2D eigenvalue weighted by Gasteiger charge is -2.33. The smallest absolute Gasteiger partial charge is 0.238 e. The number of hydrogen-bond donors (Lipinski definition) is 2. The highest BCUT2D eigenvalue weighted by molar-refractivity contribution is 7.09. The molecule has 3 aromatic rings. The first kappa shape index (κ1) is 22.1. The summed E-state index contributed by atoms with van der Waals surface area (Å²) >= 11 is 1.70. The highest BCUT2D eigenvalue weighted by Crippen LogP contribution is 2.22. The Morgan fingerprint density at radius 2 is 1.62 bits per heavy atom. The van der Waals surface area contributed by atoms with Gasteiger partial charge >= 0.3 is 0 Å². The van der Waals surface area contributed by atoms with E-state index in [2.05, 4.69) is 37.9 Å². The fourth-order valence-corrected chi connectivity index (χ4v) is 4.55. The van der Waals surface area contributed by atoms with E-state index in [4.69, 9.17) is 4.98 Å². The normalized spacial score (nSPS) is 14.8. The number of carbonyl (C=O) groups is 2. The van der Waals surface area contributed by atoms with Gasteiger partial charge in [0.15, 0.2) is 0 Å². The molecule has 2 aromatic carbocycles. The Morgan fingerprint density at radius 3 is 2.34 bits per heavy atom. The number of amides is 2. The third-order valence-electron chi connectivity index (χ3n) is 5.28. The van der Waals surface area contributed by atoms with E-state index in [1.165, 1.54) is 6.92 Å². The second kappa shape index (κ2) is 10.5. The van der Waals surface area contributed by atoms with Gasteiger partial charge in [0.05, 0.1) is 18.8 Å². The Morgan fingerprint density at radius 1 is 0.938 bits per heavy atom. The lowest BCUT2D eigenvalue weighted by atomic mass is 10.2. The maximum absolute atomic E-state index is 12.5. The summed E-state index contributed by atoms with van der Waals surface area (Å²) in [4.78, 5) is 33.0. The highest BCUT2D eigenvalue weighted by atomic mass is 32.1. The zero-order valence-electron chi connectivity index (χ0n) is 18.1. The molecule has 0 radical (unpaired) electrons. The van der Waals surface area contributed by atoms with Crippen molar-refractivity contribution in [3.05, 3.63) is 65.0 Å². The van der Waals surface area contributed by atoms with Gasteiger partial charge in [-0.2, -0.15) is 0 Å². The van der Waals surface area contributed by atoms with Crippen LogP contribution >= 0.6 is 11.3 Å². The Bertz CT molecular complexity index is 1060. The molecule has 32 heavy (non-hydrogen) atoms. The first-order chi connectivity index (χ1) is 15.5. The van der Waals surface area contributed by atoms with Gasteiger partial charge in [-0.05, 0) is 18.2 Å². The summed E-state index contributed by atoms with van der Waals surface area (Å²) in [7, 11) is 0. The predicted molar refractivity (Wildman–Crippen MR) is 129 cm³/mol. The molecule has 2 N–H and O–H groups in total. The Hall–Kier alpha value is -3.07. The summed E-state index contributed by atoms with van der Waals surface area (Å²) in [5.41, 5.74) is 3.52. The van der Waals surface area contributed by atoms with Crippen LogP contribution in [0, 0.1) is 0 Å². The van der Waals surface area contributed by atoms with Crippen LogP contribution in [0.3, 0.4) is 0 Å². The van der Waals surface area contributed by atoms with Crippen molar-refractivity contribution in [3.63, 3.8) is 0 Å². The van der Waals surface area contributed by atoms with Crippen molar-refractivity contribution in [2.45, 2.75) is 13.5 Å². The molecular formula is C24H27N5O2S. The molecular weight excluding hydrogens is 422 g/mol. The van der Waals surface area contributed by atoms with Crippen molar-refractivity contribution >= 4 is 34.5 Å². The van der Waals surface area contributed by atoms with Crippen LogP contribution in [0.1, 0.15) is 11.9 Å². The van der Waals surface area contributed by atoms with Gasteiger partial charge in [-0.15, -0.1) is 11.3 Å². The minimum absolute atomic E-state index is 0.0501. The van der Waals surface area contributed by atoms with Crippen molar-refractivity contribution in [2.75, 3.05) is 43.4 Å². The molecule has 4 rings (SSSR count). The molecule has 1 aromatic heterocycles. The van der Waals surface area contributed by atoms with Crippen LogP contribution in [-0.4, -0.2) is 59.3 Å². The van der Waals surface area contributed by atoms with Gasteiger partial charge < -0.3 is 10.6 Å². The topological polar surface area (TPSA) is 77.6 Å². The third kappa shape index (κ3) is 6.23. The zero-order valence-corrected chi connectivity index (χ0v) is 18.9. The maximum atomic E-state index is 12.5. The monoisotopic (exact) mass is 449 g/mol. The molecule has 0 spiro atoms. The number of nitrogens with one attached hydrogen (secondary N) is 2. The number of piperazine rings is 1. The third-order valence-corrected chi connectivity index (χ3v) is 6.11. The van der Waals surface area contributed by atoms with E-state index in [0.717, 1.165) is 49.0 Å². The van der Waals surface area contributed by atoms with Crippen LogP contribution in [0.4, 0.5) is 11.4 Å². The first-order valence-corrected chi connectivity index (χ1v) is 11.6. The number of hydrogen-bond acceptors (Lipinski definition) is 6. The maximum Gasteiger partial charge on any atom is 0.238 e. The summed E-state index contributed by atoms with van der Waals surface area (Å²) in [5, 5.41) is 8.88. The van der Waals surface area contributed by atoms with Gasteiger partial charge in [0.25, 0.3) is 0 Å². The van der Waals surface area contributed by atoms with E-state index in [-0.39, 0.29) is 11.8 Å². The van der Waals surface area contributed by atoms with Crippen LogP contribution in [-0.2, 0) is 16.1 Å². The van der Waals surface area contributed by atoms with E-state index in [1.54, 1.807) is 23.5 Å². The highest BCUT2D eigenvalue weighted by Gasteiger charge is 2.20. The standard InChI is InChI=1S/C24H27N5O2S/c1-18(30)25-20-8-5-9-21(14-20)26-23(31)15-28-10-12-29(13-11-28)16-24-27-22(17-32-24)19-6-3-2-4-7-19/h2-9,14,17H,10-13,15-16H2,1H3,(H,25,30)(H,26,31). The van der Waals surface area contributed by atoms with Crippen LogP contribution in [0.15, 0.2) is 60.0 Å². The van der Waals surface area contributed by atoms with Crippen LogP contribution in [0.25, 0.3) is 11.3 Å². The van der Waals surface area contributed by atoms with Gasteiger partial charge in [0, 0.05) is 55.4 Å². The summed E-state index contributed by atoms with van der Waals surface area (Å²) in [5.74, 6) is -0.189. The number of nitrogens with zero attached hydrogens (tertiary/aromatic N) is 3. The minimum atomic E-state index is -0.139. The summed E-state index contributed by atoms with van der Waals surface area (Å²) in [6, 6.07) is 17.4. The Labute approximate surface area is 192 Å². The molecule has 2 amide bonds. The van der Waals surface area contributed by atoms with Crippen molar-refractivity contribution in [2.24, 2.45) is 0 Å². The molecule has 0 atom stereocenters. The molecule has 166 valence electrons. The molecule has 8 heteroatoms. The predicted octanol–water partition coefficient (Wildman–Crippen LogP) is 3.52. The van der Waals surface area contributed by atoms with E-state index in [1.807, 2.05) is 30.3 Å². The Balaban J connectivity index is 1.22. The summed E-state index contributed by atoms with van der Waals surface area (Å²) in [6.07, 6.45) is 0. The lowest BCUT2D eigenvalue weighted by molar-refractivity contribution is -0.117. The van der Waals surface area contributed by atoms with Crippen LogP contribution in [0.2, 0.25) is 0 Å². The molecule has 0 saturated carbocycles. The van der Waals surface area contributed by atoms with Crippen molar-refractivity contribution in [1.29, 1.82) is 0 Å². The SMILES string of the molecule is CC(=O)Nc1cccc(NC(=O)CN2CCN(Cc3nc(-c4ccccc4)cs3)CC2)c1. The number of anilines is 2. The van der Waals surface area contributed by atoms with Gasteiger partial charge in [0.1, 0.15) is 5.01 Å². The number of rotatable bonds is 7. The minimum Gasteiger partial charge on any atom is -0.326 e. The lowest BCUT2D eigenvalue weighted by Crippen LogP contribution is -2.48. The largest absolute Gasteiger partial charge is 0.326 e. The van der Waals surface area contributed by atoms with E-state index in [0.29, 0.717) is 17.9 Å². The first-order valence-electron chi connectivity index (χ1n) is 10.7. The molecule has 1 aliphatic heterocycles. The second-order valence-corrected chi connectivity index (χ2v) is 8.80. The van der Waals surface area contributed by atoms with Crippen molar-refractivity contribution in [1.82, 2.24) is 14.8 Å². The molecule has 1 fully saturated rings. The summed E-state index contributed by atoms with van der Waals surface area (Å²) in [6.45, 7) is 6.16. The molecule has 0 unspecified atom stereocenters. The molecule has 2 heterocycles. The number of aromatic nitrogens is 1. The van der Waals surface area contributed by atoms with Crippen LogP contribution in [0.5, 0.6) is 0 Å².